The van der Waals surface area contributed by atoms with Crippen molar-refractivity contribution in [2.45, 2.75) is 12.8 Å². The van der Waals surface area contributed by atoms with Crippen LogP contribution in [0.1, 0.15) is 12.0 Å². The first-order valence-electron chi connectivity index (χ1n) is 6.70. The zero-order valence-electron chi connectivity index (χ0n) is 11.3. The Balaban J connectivity index is 1.61. The van der Waals surface area contributed by atoms with Crippen LogP contribution in [0.5, 0.6) is 0 Å². The predicted octanol–water partition coefficient (Wildman–Crippen LogP) is 3.27. The van der Waals surface area contributed by atoms with E-state index in [-0.39, 0.29) is 18.1 Å². The highest BCUT2D eigenvalue weighted by Crippen LogP contribution is 2.13. The number of amides is 1. The summed E-state index contributed by atoms with van der Waals surface area (Å²) in [6.07, 6.45) is 0.768. The maximum absolute atomic E-state index is 13.0. The molecule has 106 valence electrons. The fourth-order valence-electron chi connectivity index (χ4n) is 2.16. The minimum Gasteiger partial charge on any atom is -0.324 e. The third-order valence-corrected chi connectivity index (χ3v) is 3.18. The van der Waals surface area contributed by atoms with E-state index >= 15 is 0 Å². The summed E-state index contributed by atoms with van der Waals surface area (Å²) in [5, 5.41) is 2.72. The van der Waals surface area contributed by atoms with Gasteiger partial charge in [-0.15, -0.1) is 0 Å². The van der Waals surface area contributed by atoms with Crippen LogP contribution < -0.4 is 5.32 Å². The molecule has 1 aromatic heterocycles. The highest BCUT2D eigenvalue weighted by molar-refractivity contribution is 5.91. The second-order valence-electron chi connectivity index (χ2n) is 4.78. The number of carbonyl (C=O) groups excluding carboxylic acids is 1. The lowest BCUT2D eigenvalue weighted by molar-refractivity contribution is -0.116. The largest absolute Gasteiger partial charge is 0.324 e. The summed E-state index contributed by atoms with van der Waals surface area (Å²) in [5.74, 6) is -0.0102. The average Bonchev–Trinajstić information content (AvgIpc) is 2.87. The SMILES string of the molecule is O=C(CCc1cccc(F)c1)Nc1nc2ccccc2[nH]1. The summed E-state index contributed by atoms with van der Waals surface area (Å²) < 4.78 is 13.0. The Bertz CT molecular complexity index is 749. The molecular weight excluding hydrogens is 269 g/mol. The van der Waals surface area contributed by atoms with Crippen LogP contribution in [0.15, 0.2) is 48.5 Å². The quantitative estimate of drug-likeness (QED) is 0.772. The molecule has 3 rings (SSSR count). The standard InChI is InChI=1S/C16H14FN3O/c17-12-5-3-4-11(10-12)8-9-15(21)20-16-18-13-6-1-2-7-14(13)19-16/h1-7,10H,8-9H2,(H2,18,19,20,21). The second-order valence-corrected chi connectivity index (χ2v) is 4.78. The van der Waals surface area contributed by atoms with Gasteiger partial charge in [0.25, 0.3) is 0 Å². The lowest BCUT2D eigenvalue weighted by atomic mass is 10.1. The van der Waals surface area contributed by atoms with Crippen molar-refractivity contribution >= 4 is 22.9 Å². The summed E-state index contributed by atoms with van der Waals surface area (Å²) in [7, 11) is 0. The lowest BCUT2D eigenvalue weighted by Crippen LogP contribution is -2.13. The molecule has 1 heterocycles. The average molecular weight is 283 g/mol. The summed E-state index contributed by atoms with van der Waals surface area (Å²) in [4.78, 5) is 19.2. The van der Waals surface area contributed by atoms with E-state index in [0.717, 1.165) is 16.6 Å². The Morgan fingerprint density at radius 1 is 1.19 bits per heavy atom. The van der Waals surface area contributed by atoms with Gasteiger partial charge in [0.1, 0.15) is 5.82 Å². The number of anilines is 1. The van der Waals surface area contributed by atoms with Gasteiger partial charge in [0, 0.05) is 6.42 Å². The molecule has 0 aliphatic carbocycles. The molecule has 2 N–H and O–H groups in total. The number of H-pyrrole nitrogens is 1. The summed E-state index contributed by atoms with van der Waals surface area (Å²) in [6, 6.07) is 13.8. The Hall–Kier alpha value is -2.69. The smallest absolute Gasteiger partial charge is 0.227 e. The van der Waals surface area contributed by atoms with Crippen molar-refractivity contribution in [2.24, 2.45) is 0 Å². The van der Waals surface area contributed by atoms with Gasteiger partial charge in [0.05, 0.1) is 11.0 Å². The van der Waals surface area contributed by atoms with E-state index in [0.29, 0.717) is 12.4 Å². The molecule has 0 saturated carbocycles. The number of hydrogen-bond acceptors (Lipinski definition) is 2. The van der Waals surface area contributed by atoms with Gasteiger partial charge in [-0.25, -0.2) is 9.37 Å². The van der Waals surface area contributed by atoms with Crippen LogP contribution >= 0.6 is 0 Å². The molecule has 0 unspecified atom stereocenters. The van der Waals surface area contributed by atoms with Crippen LogP contribution in [0.3, 0.4) is 0 Å². The fraction of sp³-hybridized carbons (Fsp3) is 0.125. The van der Waals surface area contributed by atoms with Crippen molar-refractivity contribution in [3.8, 4) is 0 Å². The molecule has 0 radical (unpaired) electrons. The zero-order chi connectivity index (χ0) is 14.7. The van der Waals surface area contributed by atoms with Crippen LogP contribution in [0.25, 0.3) is 11.0 Å². The van der Waals surface area contributed by atoms with E-state index in [9.17, 15) is 9.18 Å². The number of aromatic nitrogens is 2. The van der Waals surface area contributed by atoms with Gasteiger partial charge in [-0.2, -0.15) is 0 Å². The van der Waals surface area contributed by atoms with E-state index in [1.807, 2.05) is 24.3 Å². The highest BCUT2D eigenvalue weighted by atomic mass is 19.1. The van der Waals surface area contributed by atoms with Crippen molar-refractivity contribution in [2.75, 3.05) is 5.32 Å². The third kappa shape index (κ3) is 3.25. The van der Waals surface area contributed by atoms with Crippen LogP contribution in [-0.2, 0) is 11.2 Å². The second kappa shape index (κ2) is 5.75. The monoisotopic (exact) mass is 283 g/mol. The predicted molar refractivity (Wildman–Crippen MR) is 79.4 cm³/mol. The van der Waals surface area contributed by atoms with Crippen molar-refractivity contribution in [3.05, 3.63) is 59.9 Å². The maximum Gasteiger partial charge on any atom is 0.227 e. The Labute approximate surface area is 121 Å². The van der Waals surface area contributed by atoms with Gasteiger partial charge < -0.3 is 4.98 Å². The number of rotatable bonds is 4. The first kappa shape index (κ1) is 13.3. The molecule has 2 aromatic carbocycles. The molecule has 3 aromatic rings. The first-order chi connectivity index (χ1) is 10.2. The normalized spacial score (nSPS) is 10.7. The van der Waals surface area contributed by atoms with E-state index < -0.39 is 0 Å². The molecule has 0 spiro atoms. The Kier molecular flexibility index (Phi) is 3.64. The van der Waals surface area contributed by atoms with Crippen LogP contribution in [0, 0.1) is 5.82 Å². The number of aryl methyl sites for hydroxylation is 1. The number of hydrogen-bond donors (Lipinski definition) is 2. The number of fused-ring (bicyclic) bond motifs is 1. The molecular formula is C16H14FN3O. The van der Waals surface area contributed by atoms with Gasteiger partial charge in [0.2, 0.25) is 11.9 Å². The van der Waals surface area contributed by atoms with Gasteiger partial charge >= 0.3 is 0 Å². The topological polar surface area (TPSA) is 57.8 Å². The number of carbonyl (C=O) groups is 1. The van der Waals surface area contributed by atoms with Gasteiger partial charge in [-0.3, -0.25) is 10.1 Å². The number of imidazole rings is 1. The number of benzene rings is 2. The van der Waals surface area contributed by atoms with Gasteiger partial charge in [-0.05, 0) is 36.2 Å². The molecule has 4 nitrogen and oxygen atoms in total. The number of nitrogens with zero attached hydrogens (tertiary/aromatic N) is 1. The number of aromatic amines is 1. The molecule has 0 atom stereocenters. The van der Waals surface area contributed by atoms with E-state index in [4.69, 9.17) is 0 Å². The molecule has 0 aliphatic heterocycles. The molecule has 0 aliphatic rings. The van der Waals surface area contributed by atoms with Crippen LogP contribution in [0.2, 0.25) is 0 Å². The molecule has 1 amide bonds. The van der Waals surface area contributed by atoms with Crippen molar-refractivity contribution in [1.29, 1.82) is 0 Å². The van der Waals surface area contributed by atoms with Gasteiger partial charge in [0.15, 0.2) is 0 Å². The minimum atomic E-state index is -0.287. The Morgan fingerprint density at radius 2 is 2.05 bits per heavy atom. The number of nitrogens with one attached hydrogen (secondary N) is 2. The lowest BCUT2D eigenvalue weighted by Gasteiger charge is -2.02. The molecule has 0 fully saturated rings. The zero-order valence-corrected chi connectivity index (χ0v) is 11.3. The molecule has 0 bridgehead atoms. The highest BCUT2D eigenvalue weighted by Gasteiger charge is 2.07. The molecule has 0 saturated heterocycles. The van der Waals surface area contributed by atoms with Crippen molar-refractivity contribution in [1.82, 2.24) is 9.97 Å². The number of para-hydroxylation sites is 2. The maximum atomic E-state index is 13.0. The van der Waals surface area contributed by atoms with Crippen LogP contribution in [-0.4, -0.2) is 15.9 Å². The van der Waals surface area contributed by atoms with E-state index in [1.165, 1.54) is 12.1 Å². The Morgan fingerprint density at radius 3 is 2.86 bits per heavy atom. The minimum absolute atomic E-state index is 0.154. The molecule has 21 heavy (non-hydrogen) atoms. The van der Waals surface area contributed by atoms with Crippen molar-refractivity contribution < 1.29 is 9.18 Å². The summed E-state index contributed by atoms with van der Waals surface area (Å²) >= 11 is 0. The van der Waals surface area contributed by atoms with Crippen molar-refractivity contribution in [3.63, 3.8) is 0 Å². The fourth-order valence-corrected chi connectivity index (χ4v) is 2.16. The first-order valence-corrected chi connectivity index (χ1v) is 6.70. The number of halogens is 1. The van der Waals surface area contributed by atoms with E-state index in [1.54, 1.807) is 12.1 Å². The van der Waals surface area contributed by atoms with Crippen LogP contribution in [0.4, 0.5) is 10.3 Å². The van der Waals surface area contributed by atoms with E-state index in [2.05, 4.69) is 15.3 Å². The molecule has 5 heteroatoms. The summed E-state index contributed by atoms with van der Waals surface area (Å²) in [5.41, 5.74) is 2.48. The summed E-state index contributed by atoms with van der Waals surface area (Å²) in [6.45, 7) is 0. The third-order valence-electron chi connectivity index (χ3n) is 3.18. The van der Waals surface area contributed by atoms with Gasteiger partial charge in [-0.1, -0.05) is 24.3 Å².